The predicted molar refractivity (Wildman–Crippen MR) is 117 cm³/mol. The number of benzene rings is 2. The third-order valence-corrected chi connectivity index (χ3v) is 5.34. The molecule has 1 aromatic heterocycles. The summed E-state index contributed by atoms with van der Waals surface area (Å²) < 4.78 is 10.6. The second-order valence-electron chi connectivity index (χ2n) is 6.48. The Hall–Kier alpha value is -3.65. The zero-order valence-corrected chi connectivity index (χ0v) is 17.1. The molecule has 0 radical (unpaired) electrons. The molecule has 0 spiro atoms. The highest BCUT2D eigenvalue weighted by atomic mass is 32.1. The fraction of sp³-hybridized carbons (Fsp3) is 0.136. The molecule has 0 unspecified atom stereocenters. The number of amides is 2. The number of nitrogens with zero attached hydrogens (tertiary/aromatic N) is 2. The van der Waals surface area contributed by atoms with Crippen LogP contribution in [0.4, 0.5) is 10.8 Å². The molecular weight excluding hydrogens is 402 g/mol. The number of hydrogen-bond donors (Lipinski definition) is 1. The van der Waals surface area contributed by atoms with E-state index < -0.39 is 0 Å². The lowest BCUT2D eigenvalue weighted by Crippen LogP contribution is -2.38. The second-order valence-corrected chi connectivity index (χ2v) is 7.34. The molecular formula is C22H19N3O4S. The normalized spacial score (nSPS) is 12.7. The standard InChI is InChI=1S/C22H19N3O4S/c1-3-10-25-18-11-15(6-9-19(18)29-12-20(25)26)17-13-30-22(23-17)24-21(27)14-4-7-16(28-2)8-5-14/h3-9,11,13H,1,10,12H2,2H3,(H,23,24,27). The lowest BCUT2D eigenvalue weighted by molar-refractivity contribution is -0.121. The molecule has 30 heavy (non-hydrogen) atoms. The molecule has 0 saturated heterocycles. The van der Waals surface area contributed by atoms with Crippen LogP contribution < -0.4 is 19.7 Å². The van der Waals surface area contributed by atoms with Crippen LogP contribution in [0.5, 0.6) is 11.5 Å². The number of hydrogen-bond acceptors (Lipinski definition) is 6. The smallest absolute Gasteiger partial charge is 0.265 e. The number of rotatable bonds is 6. The van der Waals surface area contributed by atoms with Gasteiger partial charge in [0, 0.05) is 23.1 Å². The van der Waals surface area contributed by atoms with Gasteiger partial charge >= 0.3 is 0 Å². The molecule has 8 heteroatoms. The highest BCUT2D eigenvalue weighted by molar-refractivity contribution is 7.14. The van der Waals surface area contributed by atoms with Crippen molar-refractivity contribution in [2.45, 2.75) is 0 Å². The van der Waals surface area contributed by atoms with Crippen LogP contribution in [0.15, 0.2) is 60.5 Å². The first-order valence-electron chi connectivity index (χ1n) is 9.18. The van der Waals surface area contributed by atoms with Crippen LogP contribution in [0.1, 0.15) is 10.4 Å². The summed E-state index contributed by atoms with van der Waals surface area (Å²) in [6.07, 6.45) is 1.68. The lowest BCUT2D eigenvalue weighted by atomic mass is 10.1. The molecule has 2 aromatic carbocycles. The molecule has 0 bridgehead atoms. The van der Waals surface area contributed by atoms with Crippen LogP contribution in [-0.2, 0) is 4.79 Å². The largest absolute Gasteiger partial charge is 0.497 e. The minimum absolute atomic E-state index is 0.0123. The summed E-state index contributed by atoms with van der Waals surface area (Å²) in [6, 6.07) is 12.4. The topological polar surface area (TPSA) is 80.8 Å². The van der Waals surface area contributed by atoms with Gasteiger partial charge in [0.1, 0.15) is 11.5 Å². The van der Waals surface area contributed by atoms with Gasteiger partial charge < -0.3 is 14.4 Å². The summed E-state index contributed by atoms with van der Waals surface area (Å²) in [5, 5.41) is 5.15. The fourth-order valence-corrected chi connectivity index (χ4v) is 3.78. The van der Waals surface area contributed by atoms with Gasteiger partial charge in [-0.25, -0.2) is 4.98 Å². The Balaban J connectivity index is 1.54. The molecule has 0 aliphatic carbocycles. The zero-order valence-electron chi connectivity index (χ0n) is 16.3. The molecule has 152 valence electrons. The van der Waals surface area contributed by atoms with E-state index in [4.69, 9.17) is 9.47 Å². The number of ether oxygens (including phenoxy) is 2. The molecule has 1 aliphatic rings. The Morgan fingerprint density at radius 3 is 2.87 bits per heavy atom. The predicted octanol–water partition coefficient (Wildman–Crippen LogP) is 3.98. The molecule has 3 aromatic rings. The van der Waals surface area contributed by atoms with Gasteiger partial charge in [0.2, 0.25) is 0 Å². The van der Waals surface area contributed by atoms with Crippen molar-refractivity contribution in [3.8, 4) is 22.8 Å². The highest BCUT2D eigenvalue weighted by Crippen LogP contribution is 2.36. The van der Waals surface area contributed by atoms with Gasteiger partial charge in [-0.15, -0.1) is 17.9 Å². The van der Waals surface area contributed by atoms with Gasteiger partial charge in [0.25, 0.3) is 11.8 Å². The van der Waals surface area contributed by atoms with E-state index in [2.05, 4.69) is 16.9 Å². The molecule has 7 nitrogen and oxygen atoms in total. The van der Waals surface area contributed by atoms with E-state index >= 15 is 0 Å². The number of carbonyl (C=O) groups is 2. The SMILES string of the molecule is C=CCN1C(=O)COc2ccc(-c3csc(NC(=O)c4ccc(OC)cc4)n3)cc21. The van der Waals surface area contributed by atoms with Crippen molar-refractivity contribution < 1.29 is 19.1 Å². The van der Waals surface area contributed by atoms with Crippen molar-refractivity contribution in [2.24, 2.45) is 0 Å². The quantitative estimate of drug-likeness (QED) is 0.609. The van der Waals surface area contributed by atoms with E-state index in [-0.39, 0.29) is 18.4 Å². The molecule has 2 heterocycles. The van der Waals surface area contributed by atoms with Crippen LogP contribution in [0.3, 0.4) is 0 Å². The van der Waals surface area contributed by atoms with Crippen molar-refractivity contribution in [1.82, 2.24) is 4.98 Å². The summed E-state index contributed by atoms with van der Waals surface area (Å²) in [4.78, 5) is 30.8. The Kier molecular flexibility index (Phi) is 5.49. The fourth-order valence-electron chi connectivity index (χ4n) is 3.07. The number of fused-ring (bicyclic) bond motifs is 1. The third-order valence-electron chi connectivity index (χ3n) is 4.59. The number of anilines is 2. The maximum Gasteiger partial charge on any atom is 0.265 e. The number of aromatic nitrogens is 1. The molecule has 0 fully saturated rings. The van der Waals surface area contributed by atoms with Crippen LogP contribution >= 0.6 is 11.3 Å². The van der Waals surface area contributed by atoms with E-state index in [1.807, 2.05) is 23.6 Å². The van der Waals surface area contributed by atoms with Crippen LogP contribution in [0, 0.1) is 0 Å². The van der Waals surface area contributed by atoms with E-state index in [1.54, 1.807) is 42.4 Å². The van der Waals surface area contributed by atoms with Gasteiger partial charge in [0.05, 0.1) is 18.5 Å². The van der Waals surface area contributed by atoms with Crippen molar-refractivity contribution in [3.63, 3.8) is 0 Å². The first kappa shape index (κ1) is 19.7. The third kappa shape index (κ3) is 3.90. The number of nitrogens with one attached hydrogen (secondary N) is 1. The number of carbonyl (C=O) groups excluding carboxylic acids is 2. The van der Waals surface area contributed by atoms with E-state index in [9.17, 15) is 9.59 Å². The Bertz CT molecular complexity index is 1110. The van der Waals surface area contributed by atoms with Gasteiger partial charge in [-0.3, -0.25) is 14.9 Å². The number of thiazole rings is 1. The first-order chi connectivity index (χ1) is 14.6. The first-order valence-corrected chi connectivity index (χ1v) is 10.1. The maximum atomic E-state index is 12.4. The minimum atomic E-state index is -0.250. The summed E-state index contributed by atoms with van der Waals surface area (Å²) in [6.45, 7) is 4.13. The van der Waals surface area contributed by atoms with Crippen LogP contribution in [-0.4, -0.2) is 37.1 Å². The Labute approximate surface area is 177 Å². The summed E-state index contributed by atoms with van der Waals surface area (Å²) >= 11 is 1.33. The van der Waals surface area contributed by atoms with Crippen molar-refractivity contribution in [3.05, 3.63) is 66.1 Å². The van der Waals surface area contributed by atoms with Gasteiger partial charge in [-0.2, -0.15) is 0 Å². The average molecular weight is 421 g/mol. The van der Waals surface area contributed by atoms with E-state index in [0.29, 0.717) is 40.1 Å². The maximum absolute atomic E-state index is 12.4. The van der Waals surface area contributed by atoms with Crippen LogP contribution in [0.2, 0.25) is 0 Å². The molecule has 2 amide bonds. The van der Waals surface area contributed by atoms with Crippen LogP contribution in [0.25, 0.3) is 11.3 Å². The Morgan fingerprint density at radius 2 is 2.13 bits per heavy atom. The molecule has 0 atom stereocenters. The second kappa shape index (κ2) is 8.38. The van der Waals surface area contributed by atoms with E-state index in [0.717, 1.165) is 5.56 Å². The molecule has 4 rings (SSSR count). The van der Waals surface area contributed by atoms with Gasteiger partial charge in [-0.05, 0) is 42.5 Å². The van der Waals surface area contributed by atoms with Gasteiger partial charge in [-0.1, -0.05) is 6.08 Å². The molecule has 1 N–H and O–H groups in total. The zero-order chi connectivity index (χ0) is 21.1. The van der Waals surface area contributed by atoms with Gasteiger partial charge in [0.15, 0.2) is 11.7 Å². The molecule has 0 saturated carbocycles. The Morgan fingerprint density at radius 1 is 1.33 bits per heavy atom. The summed E-state index contributed by atoms with van der Waals surface area (Å²) in [7, 11) is 1.57. The monoisotopic (exact) mass is 421 g/mol. The summed E-state index contributed by atoms with van der Waals surface area (Å²) in [5.41, 5.74) is 2.71. The lowest BCUT2D eigenvalue weighted by Gasteiger charge is -2.28. The van der Waals surface area contributed by atoms with Crippen molar-refractivity contribution in [2.75, 3.05) is 30.5 Å². The minimum Gasteiger partial charge on any atom is -0.497 e. The molecule has 1 aliphatic heterocycles. The highest BCUT2D eigenvalue weighted by Gasteiger charge is 2.25. The van der Waals surface area contributed by atoms with E-state index in [1.165, 1.54) is 11.3 Å². The van der Waals surface area contributed by atoms with Crippen molar-refractivity contribution in [1.29, 1.82) is 0 Å². The number of methoxy groups -OCH3 is 1. The summed E-state index contributed by atoms with van der Waals surface area (Å²) in [5.74, 6) is 0.956. The van der Waals surface area contributed by atoms with Crippen molar-refractivity contribution >= 4 is 34.0 Å². The average Bonchev–Trinajstić information content (AvgIpc) is 3.24.